The zero-order valence-electron chi connectivity index (χ0n) is 19.7. The van der Waals surface area contributed by atoms with Crippen molar-refractivity contribution in [1.82, 2.24) is 10.2 Å². The lowest BCUT2D eigenvalue weighted by atomic mass is 10.0. The molecule has 4 rings (SSSR count). The Morgan fingerprint density at radius 2 is 1.56 bits per heavy atom. The van der Waals surface area contributed by atoms with Crippen LogP contribution in [0.1, 0.15) is 16.9 Å². The van der Waals surface area contributed by atoms with Gasteiger partial charge in [-0.25, -0.2) is 4.39 Å². The van der Waals surface area contributed by atoms with Crippen LogP contribution in [0.2, 0.25) is 0 Å². The van der Waals surface area contributed by atoms with Crippen LogP contribution in [0.4, 0.5) is 4.39 Å². The fourth-order valence-electron chi connectivity index (χ4n) is 3.79. The Hall–Kier alpha value is -4.39. The molecule has 0 saturated carbocycles. The van der Waals surface area contributed by atoms with Crippen molar-refractivity contribution in [1.29, 1.82) is 0 Å². The summed E-state index contributed by atoms with van der Waals surface area (Å²) >= 11 is 0. The van der Waals surface area contributed by atoms with Gasteiger partial charge in [0, 0.05) is 13.0 Å². The first-order chi connectivity index (χ1) is 17.6. The van der Waals surface area contributed by atoms with Gasteiger partial charge in [-0.1, -0.05) is 60.7 Å². The molecule has 0 radical (unpaired) electrons. The van der Waals surface area contributed by atoms with Crippen LogP contribution in [-0.2, 0) is 29.1 Å². The van der Waals surface area contributed by atoms with E-state index in [9.17, 15) is 14.0 Å². The van der Waals surface area contributed by atoms with E-state index in [1.165, 1.54) is 23.3 Å². The summed E-state index contributed by atoms with van der Waals surface area (Å²) in [5.74, 6) is 0.0869. The van der Waals surface area contributed by atoms with Gasteiger partial charge in [0.1, 0.15) is 23.4 Å². The minimum absolute atomic E-state index is 0.114. The van der Waals surface area contributed by atoms with E-state index in [0.29, 0.717) is 23.5 Å². The lowest BCUT2D eigenvalue weighted by Gasteiger charge is -2.31. The summed E-state index contributed by atoms with van der Waals surface area (Å²) in [5, 5.41) is 2.88. The van der Waals surface area contributed by atoms with Gasteiger partial charge in [-0.2, -0.15) is 0 Å². The summed E-state index contributed by atoms with van der Waals surface area (Å²) in [6, 6.07) is 27.0. The Bertz CT molecular complexity index is 1230. The molecule has 7 heteroatoms. The van der Waals surface area contributed by atoms with Crippen molar-refractivity contribution in [3.8, 4) is 5.75 Å². The normalized spacial score (nSPS) is 11.5. The van der Waals surface area contributed by atoms with Crippen molar-refractivity contribution in [3.63, 3.8) is 0 Å². The molecule has 2 amide bonds. The van der Waals surface area contributed by atoms with Crippen LogP contribution < -0.4 is 10.1 Å². The standard InChI is InChI=1S/C29H27FN2O4/c30-24-15-13-23(14-16-24)20-32(28(33)21-36-25-10-5-2-6-11-25)27(18-22-8-3-1-4-9-22)29(34)31-19-26-12-7-17-35-26/h1-17,27H,18-21H2,(H,31,34)/t27-/m0/s1. The summed E-state index contributed by atoms with van der Waals surface area (Å²) in [5.41, 5.74) is 1.60. The molecular weight excluding hydrogens is 459 g/mol. The topological polar surface area (TPSA) is 71.8 Å². The number of hydrogen-bond acceptors (Lipinski definition) is 4. The number of ether oxygens (including phenoxy) is 1. The third kappa shape index (κ3) is 7.06. The molecule has 0 aliphatic rings. The quantitative estimate of drug-likeness (QED) is 0.332. The van der Waals surface area contributed by atoms with E-state index in [1.807, 2.05) is 48.5 Å². The van der Waals surface area contributed by atoms with E-state index in [1.54, 1.807) is 36.4 Å². The molecule has 36 heavy (non-hydrogen) atoms. The molecule has 0 aliphatic carbocycles. The molecule has 1 heterocycles. The first-order valence-corrected chi connectivity index (χ1v) is 11.6. The monoisotopic (exact) mass is 486 g/mol. The molecule has 0 aliphatic heterocycles. The maximum Gasteiger partial charge on any atom is 0.261 e. The molecule has 0 spiro atoms. The Labute approximate surface area is 209 Å². The maximum absolute atomic E-state index is 13.5. The number of hydrogen-bond donors (Lipinski definition) is 1. The molecule has 0 unspecified atom stereocenters. The number of carbonyl (C=O) groups is 2. The van der Waals surface area contributed by atoms with Gasteiger partial charge in [-0.3, -0.25) is 9.59 Å². The largest absolute Gasteiger partial charge is 0.484 e. The fourth-order valence-corrected chi connectivity index (χ4v) is 3.79. The summed E-state index contributed by atoms with van der Waals surface area (Å²) in [7, 11) is 0. The highest BCUT2D eigenvalue weighted by atomic mass is 19.1. The molecule has 4 aromatic rings. The predicted octanol–water partition coefficient (Wildman–Crippen LogP) is 4.75. The SMILES string of the molecule is O=C(NCc1ccco1)[C@H](Cc1ccccc1)N(Cc1ccc(F)cc1)C(=O)COc1ccccc1. The Morgan fingerprint density at radius 1 is 0.861 bits per heavy atom. The van der Waals surface area contributed by atoms with Crippen molar-refractivity contribution >= 4 is 11.8 Å². The molecule has 1 aromatic heterocycles. The van der Waals surface area contributed by atoms with Crippen LogP contribution in [0, 0.1) is 5.82 Å². The second kappa shape index (κ2) is 12.4. The second-order valence-corrected chi connectivity index (χ2v) is 8.25. The number of benzene rings is 3. The number of carbonyl (C=O) groups excluding carboxylic acids is 2. The number of amides is 2. The van der Waals surface area contributed by atoms with Crippen molar-refractivity contribution in [2.45, 2.75) is 25.6 Å². The van der Waals surface area contributed by atoms with Gasteiger partial charge in [0.15, 0.2) is 6.61 Å². The van der Waals surface area contributed by atoms with E-state index in [2.05, 4.69) is 5.32 Å². The lowest BCUT2D eigenvalue weighted by Crippen LogP contribution is -2.51. The summed E-state index contributed by atoms with van der Waals surface area (Å²) < 4.78 is 24.6. The molecule has 1 N–H and O–H groups in total. The second-order valence-electron chi connectivity index (χ2n) is 8.25. The predicted molar refractivity (Wildman–Crippen MR) is 133 cm³/mol. The number of halogens is 1. The summed E-state index contributed by atoms with van der Waals surface area (Å²) in [4.78, 5) is 28.4. The van der Waals surface area contributed by atoms with Crippen LogP contribution in [0.5, 0.6) is 5.75 Å². The van der Waals surface area contributed by atoms with Crippen LogP contribution in [0.15, 0.2) is 108 Å². The third-order valence-electron chi connectivity index (χ3n) is 5.66. The molecule has 0 saturated heterocycles. The molecule has 6 nitrogen and oxygen atoms in total. The minimum atomic E-state index is -0.834. The fraction of sp³-hybridized carbons (Fsp3) is 0.172. The first-order valence-electron chi connectivity index (χ1n) is 11.6. The Balaban J connectivity index is 1.60. The average Bonchev–Trinajstić information content (AvgIpc) is 3.44. The van der Waals surface area contributed by atoms with Crippen molar-refractivity contribution < 1.29 is 23.1 Å². The molecule has 0 bridgehead atoms. The highest BCUT2D eigenvalue weighted by Crippen LogP contribution is 2.17. The van der Waals surface area contributed by atoms with E-state index >= 15 is 0 Å². The van der Waals surface area contributed by atoms with Gasteiger partial charge in [-0.05, 0) is 47.5 Å². The first kappa shape index (κ1) is 24.7. The van der Waals surface area contributed by atoms with E-state index in [-0.39, 0.29) is 37.3 Å². The summed E-state index contributed by atoms with van der Waals surface area (Å²) in [6.07, 6.45) is 1.83. The molecular formula is C29H27FN2O4. The third-order valence-corrected chi connectivity index (χ3v) is 5.66. The van der Waals surface area contributed by atoms with Gasteiger partial charge >= 0.3 is 0 Å². The number of rotatable bonds is 11. The highest BCUT2D eigenvalue weighted by Gasteiger charge is 2.30. The highest BCUT2D eigenvalue weighted by molar-refractivity contribution is 5.88. The smallest absolute Gasteiger partial charge is 0.261 e. The molecule has 3 aromatic carbocycles. The Morgan fingerprint density at radius 3 is 2.22 bits per heavy atom. The van der Waals surface area contributed by atoms with Crippen molar-refractivity contribution in [2.24, 2.45) is 0 Å². The van der Waals surface area contributed by atoms with Crippen LogP contribution in [0.25, 0.3) is 0 Å². The number of furan rings is 1. The zero-order chi connectivity index (χ0) is 25.2. The van der Waals surface area contributed by atoms with E-state index in [4.69, 9.17) is 9.15 Å². The van der Waals surface area contributed by atoms with E-state index < -0.39 is 6.04 Å². The number of nitrogens with one attached hydrogen (secondary N) is 1. The van der Waals surface area contributed by atoms with Crippen LogP contribution >= 0.6 is 0 Å². The van der Waals surface area contributed by atoms with Crippen LogP contribution in [-0.4, -0.2) is 29.4 Å². The number of nitrogens with zero attached hydrogens (tertiary/aromatic N) is 1. The van der Waals surface area contributed by atoms with E-state index in [0.717, 1.165) is 5.56 Å². The maximum atomic E-state index is 13.5. The molecule has 184 valence electrons. The van der Waals surface area contributed by atoms with Crippen LogP contribution in [0.3, 0.4) is 0 Å². The summed E-state index contributed by atoms with van der Waals surface area (Å²) in [6.45, 7) is 0.0567. The average molecular weight is 487 g/mol. The van der Waals surface area contributed by atoms with Crippen molar-refractivity contribution in [2.75, 3.05) is 6.61 Å². The Kier molecular flexibility index (Phi) is 8.48. The van der Waals surface area contributed by atoms with Gasteiger partial charge in [0.2, 0.25) is 5.91 Å². The number of para-hydroxylation sites is 1. The van der Waals surface area contributed by atoms with Gasteiger partial charge < -0.3 is 19.4 Å². The van der Waals surface area contributed by atoms with Crippen molar-refractivity contribution in [3.05, 3.63) is 126 Å². The molecule has 1 atom stereocenters. The van der Waals surface area contributed by atoms with Gasteiger partial charge in [0.25, 0.3) is 5.91 Å². The zero-order valence-corrected chi connectivity index (χ0v) is 19.7. The molecule has 0 fully saturated rings. The van der Waals surface area contributed by atoms with Gasteiger partial charge in [0.05, 0.1) is 12.8 Å². The minimum Gasteiger partial charge on any atom is -0.484 e. The lowest BCUT2D eigenvalue weighted by molar-refractivity contribution is -0.142. The van der Waals surface area contributed by atoms with Gasteiger partial charge in [-0.15, -0.1) is 0 Å².